The lowest BCUT2D eigenvalue weighted by molar-refractivity contribution is -0.134. The summed E-state index contributed by atoms with van der Waals surface area (Å²) in [5.74, 6) is -2.01. The first kappa shape index (κ1) is 33.0. The van der Waals surface area contributed by atoms with Crippen molar-refractivity contribution >= 4 is 25.5 Å². The van der Waals surface area contributed by atoms with Crippen molar-refractivity contribution in [3.63, 3.8) is 0 Å². The predicted molar refractivity (Wildman–Crippen MR) is 149 cm³/mol. The number of halogens is 1. The molecule has 0 radical (unpaired) electrons. The quantitative estimate of drug-likeness (QED) is 0.175. The number of benzene rings is 1. The minimum atomic E-state index is -3.86. The van der Waals surface area contributed by atoms with Crippen molar-refractivity contribution in [1.82, 2.24) is 16.0 Å². The second-order valence-corrected chi connectivity index (χ2v) is 12.8. The SMILES string of the molecule is CCOP(=O)(C[C@@](O)(C[C@@H]1CCNC1=O)NC(=O)[C@H](CC1CCCCC1)NC(=O)OCc1ccccc1F)OCC. The van der Waals surface area contributed by atoms with Crippen LogP contribution in [0.3, 0.4) is 0 Å². The zero-order valence-electron chi connectivity index (χ0n) is 23.9. The molecule has 2 aliphatic rings. The fourth-order valence-electron chi connectivity index (χ4n) is 5.49. The average molecular weight is 600 g/mol. The molecule has 2 fully saturated rings. The van der Waals surface area contributed by atoms with E-state index in [-0.39, 0.29) is 50.1 Å². The summed E-state index contributed by atoms with van der Waals surface area (Å²) in [4.78, 5) is 38.8. The number of rotatable bonds is 15. The first-order valence-corrected chi connectivity index (χ1v) is 16.2. The van der Waals surface area contributed by atoms with Gasteiger partial charge in [-0.15, -0.1) is 0 Å². The Labute approximate surface area is 240 Å². The highest BCUT2D eigenvalue weighted by atomic mass is 31.2. The van der Waals surface area contributed by atoms with E-state index in [2.05, 4.69) is 16.0 Å². The fraction of sp³-hybridized carbons (Fsp3) is 0.679. The summed E-state index contributed by atoms with van der Waals surface area (Å²) in [6.45, 7) is 3.44. The molecule has 11 nitrogen and oxygen atoms in total. The Bertz CT molecular complexity index is 1080. The Kier molecular flexibility index (Phi) is 12.6. The maximum Gasteiger partial charge on any atom is 0.408 e. The van der Waals surface area contributed by atoms with E-state index in [0.717, 1.165) is 32.1 Å². The van der Waals surface area contributed by atoms with E-state index in [1.54, 1.807) is 19.9 Å². The van der Waals surface area contributed by atoms with Crippen LogP contribution in [0.2, 0.25) is 0 Å². The van der Waals surface area contributed by atoms with Crippen molar-refractivity contribution in [2.75, 3.05) is 25.9 Å². The second kappa shape index (κ2) is 15.6. The maximum atomic E-state index is 14.0. The Morgan fingerprint density at radius 2 is 1.83 bits per heavy atom. The summed E-state index contributed by atoms with van der Waals surface area (Å²) < 4.78 is 43.3. The molecule has 1 saturated carbocycles. The topological polar surface area (TPSA) is 152 Å². The minimum Gasteiger partial charge on any atom is -0.445 e. The van der Waals surface area contributed by atoms with Gasteiger partial charge in [0.2, 0.25) is 11.8 Å². The van der Waals surface area contributed by atoms with Crippen LogP contribution in [0.25, 0.3) is 0 Å². The van der Waals surface area contributed by atoms with Gasteiger partial charge in [-0.25, -0.2) is 9.18 Å². The summed E-state index contributed by atoms with van der Waals surface area (Å²) in [6, 6.07) is 4.78. The van der Waals surface area contributed by atoms with Crippen LogP contribution in [0, 0.1) is 17.7 Å². The molecule has 0 unspecified atom stereocenters. The zero-order chi connectivity index (χ0) is 29.9. The second-order valence-electron chi connectivity index (χ2n) is 10.7. The van der Waals surface area contributed by atoms with Crippen molar-refractivity contribution in [1.29, 1.82) is 0 Å². The Morgan fingerprint density at radius 3 is 2.44 bits per heavy atom. The number of alkyl carbamates (subject to hydrolysis) is 1. The molecule has 230 valence electrons. The number of hydrogen-bond acceptors (Lipinski definition) is 8. The standard InChI is InChI=1S/C28H43FN3O8P/c1-3-39-41(37,40-4-2)19-28(36,17-21-14-15-30-25(21)33)32-26(34)24(16-20-10-6-5-7-11-20)31-27(35)38-18-22-12-8-9-13-23(22)29/h8-9,12-13,20-21,24,36H,3-7,10-11,14-19H2,1-2H3,(H,30,33)(H,31,35)(H,32,34)/t21-,24-,28-/m0/s1. The number of aliphatic hydroxyl groups is 1. The molecule has 1 aromatic rings. The van der Waals surface area contributed by atoms with Crippen LogP contribution in [0.1, 0.15) is 70.8 Å². The molecule has 4 N–H and O–H groups in total. The molecule has 1 heterocycles. The van der Waals surface area contributed by atoms with Gasteiger partial charge >= 0.3 is 13.7 Å². The van der Waals surface area contributed by atoms with Gasteiger partial charge in [0.05, 0.1) is 19.4 Å². The van der Waals surface area contributed by atoms with Crippen molar-refractivity contribution in [3.8, 4) is 0 Å². The molecule has 1 aliphatic carbocycles. The van der Waals surface area contributed by atoms with Crippen LogP contribution in [-0.4, -0.2) is 60.7 Å². The molecule has 41 heavy (non-hydrogen) atoms. The normalized spacial score (nSPS) is 20.1. The minimum absolute atomic E-state index is 0.0466. The van der Waals surface area contributed by atoms with E-state index < -0.39 is 49.3 Å². The van der Waals surface area contributed by atoms with Gasteiger partial charge in [-0.3, -0.25) is 14.2 Å². The van der Waals surface area contributed by atoms with E-state index in [1.165, 1.54) is 18.2 Å². The first-order valence-electron chi connectivity index (χ1n) is 14.4. The highest BCUT2D eigenvalue weighted by Gasteiger charge is 2.44. The number of carbonyl (C=O) groups is 3. The van der Waals surface area contributed by atoms with Gasteiger partial charge in [0.25, 0.3) is 0 Å². The van der Waals surface area contributed by atoms with Gasteiger partial charge in [-0.2, -0.15) is 0 Å². The summed E-state index contributed by atoms with van der Waals surface area (Å²) in [7, 11) is -3.86. The zero-order valence-corrected chi connectivity index (χ0v) is 24.8. The van der Waals surface area contributed by atoms with Gasteiger partial charge < -0.3 is 34.8 Å². The van der Waals surface area contributed by atoms with Crippen molar-refractivity contribution in [2.24, 2.45) is 11.8 Å². The van der Waals surface area contributed by atoms with Crippen LogP contribution < -0.4 is 16.0 Å². The van der Waals surface area contributed by atoms with Crippen LogP contribution in [-0.2, 0) is 34.5 Å². The largest absolute Gasteiger partial charge is 0.445 e. The summed E-state index contributed by atoms with van der Waals surface area (Å²) >= 11 is 0. The molecular formula is C28H43FN3O8P. The van der Waals surface area contributed by atoms with Crippen LogP contribution in [0.5, 0.6) is 0 Å². The van der Waals surface area contributed by atoms with Crippen LogP contribution >= 0.6 is 7.60 Å². The number of nitrogens with one attached hydrogen (secondary N) is 3. The van der Waals surface area contributed by atoms with Crippen molar-refractivity contribution in [3.05, 3.63) is 35.6 Å². The van der Waals surface area contributed by atoms with E-state index in [4.69, 9.17) is 13.8 Å². The Balaban J connectivity index is 1.79. The third-order valence-electron chi connectivity index (χ3n) is 7.43. The molecule has 1 aliphatic heterocycles. The molecule has 0 bridgehead atoms. The summed E-state index contributed by atoms with van der Waals surface area (Å²) in [5, 5.41) is 19.5. The number of amides is 3. The monoisotopic (exact) mass is 599 g/mol. The molecule has 3 rings (SSSR count). The third-order valence-corrected chi connectivity index (χ3v) is 9.64. The highest BCUT2D eigenvalue weighted by Crippen LogP contribution is 2.51. The van der Waals surface area contributed by atoms with Crippen molar-refractivity contribution < 1.29 is 42.2 Å². The number of carbonyl (C=O) groups excluding carboxylic acids is 3. The molecule has 1 aromatic carbocycles. The van der Waals surface area contributed by atoms with Gasteiger partial charge in [0.15, 0.2) is 0 Å². The molecule has 0 aromatic heterocycles. The molecule has 3 atom stereocenters. The highest BCUT2D eigenvalue weighted by molar-refractivity contribution is 7.53. The van der Waals surface area contributed by atoms with E-state index in [9.17, 15) is 28.4 Å². The fourth-order valence-corrected chi connectivity index (χ4v) is 7.38. The molecule has 0 spiro atoms. The number of ether oxygens (including phenoxy) is 1. The smallest absolute Gasteiger partial charge is 0.408 e. The van der Waals surface area contributed by atoms with Gasteiger partial charge in [-0.05, 0) is 38.7 Å². The Hall–Kier alpha value is -2.53. The van der Waals surface area contributed by atoms with Gasteiger partial charge in [0, 0.05) is 24.4 Å². The van der Waals surface area contributed by atoms with E-state index in [0.29, 0.717) is 13.0 Å². The molecular weight excluding hydrogens is 556 g/mol. The Morgan fingerprint density at radius 1 is 1.15 bits per heavy atom. The third kappa shape index (κ3) is 10.4. The lowest BCUT2D eigenvalue weighted by Gasteiger charge is -2.35. The van der Waals surface area contributed by atoms with Crippen molar-refractivity contribution in [2.45, 2.75) is 83.6 Å². The van der Waals surface area contributed by atoms with E-state index in [1.807, 2.05) is 0 Å². The molecule has 1 saturated heterocycles. The molecule has 3 amide bonds. The maximum absolute atomic E-state index is 14.0. The lowest BCUT2D eigenvalue weighted by Crippen LogP contribution is -2.58. The molecule has 13 heteroatoms. The van der Waals surface area contributed by atoms with Gasteiger partial charge in [0.1, 0.15) is 24.2 Å². The lowest BCUT2D eigenvalue weighted by atomic mass is 9.84. The predicted octanol–water partition coefficient (Wildman–Crippen LogP) is 3.99. The van der Waals surface area contributed by atoms with Gasteiger partial charge in [-0.1, -0.05) is 50.3 Å². The number of hydrogen-bond donors (Lipinski definition) is 4. The summed E-state index contributed by atoms with van der Waals surface area (Å²) in [6.07, 6.45) is 3.86. The summed E-state index contributed by atoms with van der Waals surface area (Å²) in [5.41, 5.74) is -1.95. The van der Waals surface area contributed by atoms with E-state index >= 15 is 0 Å². The first-order chi connectivity index (χ1) is 19.6. The van der Waals surface area contributed by atoms with Crippen LogP contribution in [0.4, 0.5) is 9.18 Å². The van der Waals surface area contributed by atoms with Crippen LogP contribution in [0.15, 0.2) is 24.3 Å². The average Bonchev–Trinajstić information content (AvgIpc) is 3.31.